The fourth-order valence-electron chi connectivity index (χ4n) is 2.78. The molecule has 3 heteroatoms. The Hall–Kier alpha value is -1.77. The molecule has 21 heavy (non-hydrogen) atoms. The molecule has 0 N–H and O–H groups in total. The Labute approximate surface area is 123 Å². The predicted molar refractivity (Wildman–Crippen MR) is 79.5 cm³/mol. The molecule has 0 bridgehead atoms. The van der Waals surface area contributed by atoms with E-state index in [0.717, 1.165) is 11.1 Å². The maximum Gasteiger partial charge on any atom is 0.402 e. The number of hydrogen-bond donors (Lipinski definition) is 0. The van der Waals surface area contributed by atoms with Crippen LogP contribution in [-0.4, -0.2) is 6.18 Å². The van der Waals surface area contributed by atoms with E-state index in [1.54, 1.807) is 55.5 Å². The van der Waals surface area contributed by atoms with E-state index in [0.29, 0.717) is 11.1 Å². The van der Waals surface area contributed by atoms with Crippen LogP contribution in [0.3, 0.4) is 0 Å². The summed E-state index contributed by atoms with van der Waals surface area (Å²) in [5.41, 5.74) is 0.553. The third-order valence-electron chi connectivity index (χ3n) is 4.10. The molecule has 0 aliphatic carbocycles. The number of rotatable bonds is 3. The molecule has 112 valence electrons. The maximum atomic E-state index is 13.9. The van der Waals surface area contributed by atoms with Gasteiger partial charge in [0, 0.05) is 0 Å². The van der Waals surface area contributed by atoms with Gasteiger partial charge in [-0.3, -0.25) is 0 Å². The van der Waals surface area contributed by atoms with Crippen LogP contribution in [0.15, 0.2) is 48.5 Å². The summed E-state index contributed by atoms with van der Waals surface area (Å²) in [7, 11) is 0. The predicted octanol–water partition coefficient (Wildman–Crippen LogP) is 5.56. The van der Waals surface area contributed by atoms with Gasteiger partial charge >= 0.3 is 6.18 Å². The highest BCUT2D eigenvalue weighted by atomic mass is 19.4. The van der Waals surface area contributed by atoms with E-state index >= 15 is 0 Å². The van der Waals surface area contributed by atoms with Crippen molar-refractivity contribution in [2.24, 2.45) is 0 Å². The maximum absolute atomic E-state index is 13.9. The average Bonchev–Trinajstić information content (AvgIpc) is 2.42. The van der Waals surface area contributed by atoms with Crippen LogP contribution in [0.4, 0.5) is 13.2 Å². The van der Waals surface area contributed by atoms with Crippen LogP contribution >= 0.6 is 0 Å². The van der Waals surface area contributed by atoms with Gasteiger partial charge in [0.25, 0.3) is 0 Å². The van der Waals surface area contributed by atoms with Crippen LogP contribution in [0.25, 0.3) is 0 Å². The normalized spacial score (nSPS) is 12.5. The van der Waals surface area contributed by atoms with Gasteiger partial charge in [-0.1, -0.05) is 66.6 Å². The highest BCUT2D eigenvalue weighted by molar-refractivity contribution is 5.43. The summed E-state index contributed by atoms with van der Waals surface area (Å²) in [6.07, 6.45) is -4.37. The molecule has 0 amide bonds. The van der Waals surface area contributed by atoms with E-state index in [1.165, 1.54) is 0 Å². The minimum absolute atomic E-state index is 0.0252. The van der Waals surface area contributed by atoms with Crippen molar-refractivity contribution in [1.29, 1.82) is 0 Å². The molecule has 0 saturated heterocycles. The summed E-state index contributed by atoms with van der Waals surface area (Å²) >= 11 is 0. The van der Waals surface area contributed by atoms with E-state index in [9.17, 15) is 13.2 Å². The van der Waals surface area contributed by atoms with Crippen LogP contribution in [0, 0.1) is 13.8 Å². The molecule has 2 aromatic rings. The number of alkyl halides is 3. The first kappa shape index (κ1) is 15.6. The minimum Gasteiger partial charge on any atom is -0.170 e. The first-order valence-corrected chi connectivity index (χ1v) is 7.02. The summed E-state index contributed by atoms with van der Waals surface area (Å²) in [5, 5.41) is 0. The summed E-state index contributed by atoms with van der Waals surface area (Å²) in [5.74, 6) is 0. The van der Waals surface area contributed by atoms with Gasteiger partial charge in [0.15, 0.2) is 0 Å². The molecule has 0 fully saturated rings. The molecular weight excluding hydrogens is 273 g/mol. The monoisotopic (exact) mass is 292 g/mol. The lowest BCUT2D eigenvalue weighted by atomic mass is 9.71. The van der Waals surface area contributed by atoms with Crippen LogP contribution in [-0.2, 0) is 5.41 Å². The van der Waals surface area contributed by atoms with Gasteiger partial charge < -0.3 is 0 Å². The minimum atomic E-state index is -4.34. The highest BCUT2D eigenvalue weighted by Gasteiger charge is 2.55. The Kier molecular flexibility index (Phi) is 4.13. The van der Waals surface area contributed by atoms with Crippen molar-refractivity contribution in [2.45, 2.75) is 38.8 Å². The standard InChI is InChI=1S/C18H19F3/c1-4-17(18(19,20)21,15-9-5-13(2)6-10-15)16-11-7-14(3)8-12-16/h5-12H,4H2,1-3H3. The van der Waals surface area contributed by atoms with E-state index in [1.807, 2.05) is 13.8 Å². The van der Waals surface area contributed by atoms with Crippen molar-refractivity contribution in [2.75, 3.05) is 0 Å². The number of halogens is 3. The second kappa shape index (κ2) is 5.55. The molecule has 0 aromatic heterocycles. The number of hydrogen-bond acceptors (Lipinski definition) is 0. The van der Waals surface area contributed by atoms with Crippen molar-refractivity contribution in [3.05, 3.63) is 70.8 Å². The number of aryl methyl sites for hydroxylation is 2. The molecule has 0 nitrogen and oxygen atoms in total. The zero-order chi connectivity index (χ0) is 15.7. The molecule has 0 saturated carbocycles. The van der Waals surface area contributed by atoms with E-state index in [2.05, 4.69) is 0 Å². The zero-order valence-electron chi connectivity index (χ0n) is 12.5. The second-order valence-corrected chi connectivity index (χ2v) is 5.49. The third-order valence-corrected chi connectivity index (χ3v) is 4.10. The molecule has 0 radical (unpaired) electrons. The van der Waals surface area contributed by atoms with Crippen molar-refractivity contribution >= 4 is 0 Å². The van der Waals surface area contributed by atoms with Crippen molar-refractivity contribution in [3.63, 3.8) is 0 Å². The first-order valence-electron chi connectivity index (χ1n) is 7.02. The Balaban J connectivity index is 2.69. The zero-order valence-corrected chi connectivity index (χ0v) is 12.5. The van der Waals surface area contributed by atoms with Gasteiger partial charge in [-0.05, 0) is 31.4 Å². The van der Waals surface area contributed by atoms with Gasteiger partial charge in [0.1, 0.15) is 5.41 Å². The third kappa shape index (κ3) is 2.69. The van der Waals surface area contributed by atoms with Crippen LogP contribution < -0.4 is 0 Å². The average molecular weight is 292 g/mol. The van der Waals surface area contributed by atoms with E-state index in [-0.39, 0.29) is 6.42 Å². The van der Waals surface area contributed by atoms with E-state index < -0.39 is 11.6 Å². The summed E-state index contributed by atoms with van der Waals surface area (Å²) in [4.78, 5) is 0. The molecule has 2 rings (SSSR count). The fourth-order valence-corrected chi connectivity index (χ4v) is 2.78. The van der Waals surface area contributed by atoms with Crippen molar-refractivity contribution in [1.82, 2.24) is 0 Å². The molecule has 0 atom stereocenters. The summed E-state index contributed by atoms with van der Waals surface area (Å²) < 4.78 is 41.8. The summed E-state index contributed by atoms with van der Waals surface area (Å²) in [6, 6.07) is 13.3. The molecule has 0 unspecified atom stereocenters. The molecular formula is C18H19F3. The SMILES string of the molecule is CCC(c1ccc(C)cc1)(c1ccc(C)cc1)C(F)(F)F. The van der Waals surface area contributed by atoms with Crippen LogP contribution in [0.2, 0.25) is 0 Å². The Morgan fingerprint density at radius 3 is 1.29 bits per heavy atom. The van der Waals surface area contributed by atoms with Gasteiger partial charge in [-0.2, -0.15) is 13.2 Å². The van der Waals surface area contributed by atoms with Gasteiger partial charge in [-0.15, -0.1) is 0 Å². The molecule has 0 heterocycles. The fraction of sp³-hybridized carbons (Fsp3) is 0.333. The van der Waals surface area contributed by atoms with Gasteiger partial charge in [0.05, 0.1) is 0 Å². The van der Waals surface area contributed by atoms with Crippen LogP contribution in [0.1, 0.15) is 35.6 Å². The van der Waals surface area contributed by atoms with Gasteiger partial charge in [0.2, 0.25) is 0 Å². The first-order chi connectivity index (χ1) is 9.81. The number of benzene rings is 2. The van der Waals surface area contributed by atoms with Crippen LogP contribution in [0.5, 0.6) is 0 Å². The lowest BCUT2D eigenvalue weighted by Gasteiger charge is -2.36. The van der Waals surface area contributed by atoms with E-state index in [4.69, 9.17) is 0 Å². The Morgan fingerprint density at radius 2 is 1.05 bits per heavy atom. The molecule has 2 aromatic carbocycles. The Morgan fingerprint density at radius 1 is 0.714 bits per heavy atom. The Bertz CT molecular complexity index is 546. The smallest absolute Gasteiger partial charge is 0.170 e. The molecule has 0 aliphatic heterocycles. The van der Waals surface area contributed by atoms with Gasteiger partial charge in [-0.25, -0.2) is 0 Å². The lowest BCUT2D eigenvalue weighted by molar-refractivity contribution is -0.179. The summed E-state index contributed by atoms with van der Waals surface area (Å²) in [6.45, 7) is 5.33. The van der Waals surface area contributed by atoms with Crippen molar-refractivity contribution in [3.8, 4) is 0 Å². The second-order valence-electron chi connectivity index (χ2n) is 5.49. The van der Waals surface area contributed by atoms with Crippen molar-refractivity contribution < 1.29 is 13.2 Å². The topological polar surface area (TPSA) is 0 Å². The largest absolute Gasteiger partial charge is 0.402 e. The molecule has 0 spiro atoms. The lowest BCUT2D eigenvalue weighted by Crippen LogP contribution is -2.43. The molecule has 0 aliphatic rings. The highest BCUT2D eigenvalue weighted by Crippen LogP contribution is 2.48. The quantitative estimate of drug-likeness (QED) is 0.694.